The molecule has 0 aromatic heterocycles. The Balaban J connectivity index is 1.99. The number of aromatic hydroxyl groups is 1. The molecule has 3 heteroatoms. The topological polar surface area (TPSA) is 49.3 Å². The molecule has 0 bridgehead atoms. The fourth-order valence-corrected chi connectivity index (χ4v) is 1.52. The summed E-state index contributed by atoms with van der Waals surface area (Å²) in [4.78, 5) is 11.6. The molecule has 0 aliphatic carbocycles. The van der Waals surface area contributed by atoms with Gasteiger partial charge in [-0.3, -0.25) is 4.79 Å². The molecule has 1 heterocycles. The summed E-state index contributed by atoms with van der Waals surface area (Å²) < 4.78 is 0. The molecule has 0 spiro atoms. The van der Waals surface area contributed by atoms with E-state index in [1.54, 1.807) is 24.3 Å². The predicted octanol–water partition coefficient (Wildman–Crippen LogP) is 1.18. The summed E-state index contributed by atoms with van der Waals surface area (Å²) >= 11 is 0. The molecule has 1 aliphatic rings. The molecule has 14 heavy (non-hydrogen) atoms. The number of ketones is 1. The fraction of sp³-hybridized carbons (Fsp3) is 0.364. The zero-order chi connectivity index (χ0) is 9.97. The smallest absolute Gasteiger partial charge is 0.163 e. The second-order valence-corrected chi connectivity index (χ2v) is 3.70. The summed E-state index contributed by atoms with van der Waals surface area (Å²) in [5.74, 6) is 0.861. The van der Waals surface area contributed by atoms with E-state index < -0.39 is 0 Å². The first-order chi connectivity index (χ1) is 6.75. The Morgan fingerprint density at radius 1 is 1.36 bits per heavy atom. The summed E-state index contributed by atoms with van der Waals surface area (Å²) in [7, 11) is 0. The third-order valence-corrected chi connectivity index (χ3v) is 2.53. The van der Waals surface area contributed by atoms with E-state index in [-0.39, 0.29) is 11.5 Å². The Bertz CT molecular complexity index is 328. The lowest BCUT2D eigenvalue weighted by Crippen LogP contribution is -2.42. The van der Waals surface area contributed by atoms with Gasteiger partial charge < -0.3 is 10.4 Å². The van der Waals surface area contributed by atoms with Gasteiger partial charge in [0, 0.05) is 12.0 Å². The van der Waals surface area contributed by atoms with Gasteiger partial charge in [-0.2, -0.15) is 0 Å². The molecular formula is C11H13NO2. The summed E-state index contributed by atoms with van der Waals surface area (Å²) in [5, 5.41) is 12.2. The molecule has 1 saturated heterocycles. The third-order valence-electron chi connectivity index (χ3n) is 2.53. The van der Waals surface area contributed by atoms with Gasteiger partial charge in [0.25, 0.3) is 0 Å². The second-order valence-electron chi connectivity index (χ2n) is 3.70. The van der Waals surface area contributed by atoms with Crippen LogP contribution in [0.1, 0.15) is 16.8 Å². The normalized spacial score (nSPS) is 16.3. The van der Waals surface area contributed by atoms with Crippen molar-refractivity contribution in [2.45, 2.75) is 6.42 Å². The molecule has 0 atom stereocenters. The maximum atomic E-state index is 11.6. The molecule has 2 N–H and O–H groups in total. The van der Waals surface area contributed by atoms with E-state index in [0.717, 1.165) is 13.1 Å². The number of nitrogens with one attached hydrogen (secondary N) is 1. The molecule has 0 saturated carbocycles. The van der Waals surface area contributed by atoms with Gasteiger partial charge in [-0.1, -0.05) is 0 Å². The lowest BCUT2D eigenvalue weighted by atomic mass is 9.94. The van der Waals surface area contributed by atoms with Crippen molar-refractivity contribution < 1.29 is 9.90 Å². The van der Waals surface area contributed by atoms with Gasteiger partial charge in [-0.15, -0.1) is 0 Å². The highest BCUT2D eigenvalue weighted by molar-refractivity contribution is 5.96. The first kappa shape index (κ1) is 9.21. The molecule has 0 amide bonds. The van der Waals surface area contributed by atoms with Crippen molar-refractivity contribution in [2.24, 2.45) is 5.92 Å². The van der Waals surface area contributed by atoms with E-state index in [1.165, 1.54) is 0 Å². The molecule has 0 unspecified atom stereocenters. The Morgan fingerprint density at radius 2 is 2.00 bits per heavy atom. The van der Waals surface area contributed by atoms with Crippen molar-refractivity contribution in [3.63, 3.8) is 0 Å². The Labute approximate surface area is 82.8 Å². The molecule has 1 fully saturated rings. The Morgan fingerprint density at radius 3 is 2.50 bits per heavy atom. The number of carbonyl (C=O) groups excluding carboxylic acids is 1. The van der Waals surface area contributed by atoms with Crippen LogP contribution in [0.25, 0.3) is 0 Å². The first-order valence-corrected chi connectivity index (χ1v) is 4.78. The van der Waals surface area contributed by atoms with E-state index in [0.29, 0.717) is 17.9 Å². The number of hydrogen-bond acceptors (Lipinski definition) is 3. The molecule has 1 aliphatic heterocycles. The first-order valence-electron chi connectivity index (χ1n) is 4.78. The average Bonchev–Trinajstić information content (AvgIpc) is 2.12. The number of phenolic OH excluding ortho intramolecular Hbond substituents is 1. The fourth-order valence-electron chi connectivity index (χ4n) is 1.52. The van der Waals surface area contributed by atoms with Crippen LogP contribution in [0.5, 0.6) is 5.75 Å². The van der Waals surface area contributed by atoms with Crippen molar-refractivity contribution in [1.29, 1.82) is 0 Å². The van der Waals surface area contributed by atoms with Gasteiger partial charge in [0.1, 0.15) is 5.75 Å². The number of Topliss-reactive ketones (excluding diaryl/α,β-unsaturated/α-hetero) is 1. The van der Waals surface area contributed by atoms with E-state index in [9.17, 15) is 4.79 Å². The maximum Gasteiger partial charge on any atom is 0.163 e. The van der Waals surface area contributed by atoms with E-state index in [1.807, 2.05) is 0 Å². The van der Waals surface area contributed by atoms with Crippen LogP contribution < -0.4 is 5.32 Å². The van der Waals surface area contributed by atoms with Crippen LogP contribution in [0.15, 0.2) is 24.3 Å². The summed E-state index contributed by atoms with van der Waals surface area (Å²) in [6.07, 6.45) is 0.609. The molecule has 0 radical (unpaired) electrons. The van der Waals surface area contributed by atoms with Crippen LogP contribution in [-0.2, 0) is 0 Å². The van der Waals surface area contributed by atoms with Crippen molar-refractivity contribution in [2.75, 3.05) is 13.1 Å². The van der Waals surface area contributed by atoms with Crippen LogP contribution in [0, 0.1) is 5.92 Å². The number of hydrogen-bond donors (Lipinski definition) is 2. The molecule has 1 aromatic carbocycles. The van der Waals surface area contributed by atoms with Crippen LogP contribution in [-0.4, -0.2) is 24.0 Å². The molecule has 3 nitrogen and oxygen atoms in total. The van der Waals surface area contributed by atoms with Gasteiger partial charge in [0.05, 0.1) is 0 Å². The minimum atomic E-state index is 0.163. The van der Waals surface area contributed by atoms with Crippen LogP contribution >= 0.6 is 0 Å². The summed E-state index contributed by atoms with van der Waals surface area (Å²) in [5.41, 5.74) is 0.690. The highest BCUT2D eigenvalue weighted by atomic mass is 16.3. The highest BCUT2D eigenvalue weighted by Crippen LogP contribution is 2.15. The third kappa shape index (κ3) is 1.93. The quantitative estimate of drug-likeness (QED) is 0.705. The van der Waals surface area contributed by atoms with Crippen LogP contribution in [0.4, 0.5) is 0 Å². The minimum absolute atomic E-state index is 0.163. The lowest BCUT2D eigenvalue weighted by molar-refractivity contribution is 0.0945. The van der Waals surface area contributed by atoms with Gasteiger partial charge in [-0.25, -0.2) is 0 Å². The SMILES string of the molecule is O=C(CC1CNC1)c1ccc(O)cc1. The number of carbonyl (C=O) groups is 1. The highest BCUT2D eigenvalue weighted by Gasteiger charge is 2.20. The largest absolute Gasteiger partial charge is 0.508 e. The van der Waals surface area contributed by atoms with E-state index in [2.05, 4.69) is 5.32 Å². The van der Waals surface area contributed by atoms with Gasteiger partial charge in [0.15, 0.2) is 5.78 Å². The summed E-state index contributed by atoms with van der Waals surface area (Å²) in [6, 6.07) is 6.44. The van der Waals surface area contributed by atoms with E-state index in [4.69, 9.17) is 5.11 Å². The zero-order valence-corrected chi connectivity index (χ0v) is 7.86. The molecule has 74 valence electrons. The molecule has 1 aromatic rings. The predicted molar refractivity (Wildman–Crippen MR) is 53.4 cm³/mol. The van der Waals surface area contributed by atoms with Crippen molar-refractivity contribution in [1.82, 2.24) is 5.32 Å². The van der Waals surface area contributed by atoms with Gasteiger partial charge in [-0.05, 0) is 43.3 Å². The van der Waals surface area contributed by atoms with Crippen LogP contribution in [0.3, 0.4) is 0 Å². The monoisotopic (exact) mass is 191 g/mol. The lowest BCUT2D eigenvalue weighted by Gasteiger charge is -2.26. The number of phenols is 1. The standard InChI is InChI=1S/C11H13NO2/c13-10-3-1-9(2-4-10)11(14)5-8-6-12-7-8/h1-4,8,12-13H,5-7H2. The van der Waals surface area contributed by atoms with Crippen molar-refractivity contribution in [3.8, 4) is 5.75 Å². The zero-order valence-electron chi connectivity index (χ0n) is 7.86. The molecule has 2 rings (SSSR count). The minimum Gasteiger partial charge on any atom is -0.508 e. The van der Waals surface area contributed by atoms with Crippen molar-refractivity contribution in [3.05, 3.63) is 29.8 Å². The average molecular weight is 191 g/mol. The number of benzene rings is 1. The van der Waals surface area contributed by atoms with Crippen molar-refractivity contribution >= 4 is 5.78 Å². The summed E-state index contributed by atoms with van der Waals surface area (Å²) in [6.45, 7) is 1.90. The Hall–Kier alpha value is -1.35. The van der Waals surface area contributed by atoms with Gasteiger partial charge in [0.2, 0.25) is 0 Å². The van der Waals surface area contributed by atoms with E-state index >= 15 is 0 Å². The molecular weight excluding hydrogens is 178 g/mol. The second kappa shape index (κ2) is 3.80. The van der Waals surface area contributed by atoms with Crippen LogP contribution in [0.2, 0.25) is 0 Å². The maximum absolute atomic E-state index is 11.6. The Kier molecular flexibility index (Phi) is 2.50. The number of rotatable bonds is 3. The van der Waals surface area contributed by atoms with Gasteiger partial charge >= 0.3 is 0 Å².